The van der Waals surface area contributed by atoms with E-state index in [1.54, 1.807) is 0 Å². The molecule has 1 aromatic carbocycles. The largest absolute Gasteiger partial charge is 0.315 e. The molecule has 0 aromatic heterocycles. The molecule has 0 aliphatic heterocycles. The quantitative estimate of drug-likeness (QED) is 0.825. The van der Waals surface area contributed by atoms with Gasteiger partial charge in [-0.25, -0.2) is 8.42 Å². The smallest absolute Gasteiger partial charge is 0.166 e. The molecule has 0 fully saturated rings. The molecule has 90 valence electrons. The molecule has 2 N–H and O–H groups in total. The predicted octanol–water partition coefficient (Wildman–Crippen LogP) is 1.73. The minimum Gasteiger partial charge on any atom is -0.315 e. The molecule has 1 unspecified atom stereocenters. The third-order valence-electron chi connectivity index (χ3n) is 2.52. The number of unbranched alkanes of at least 4 members (excludes halogenated alkanes) is 1. The molecule has 1 rings (SSSR count). The fraction of sp³-hybridized carbons (Fsp3) is 0.500. The lowest BCUT2D eigenvalue weighted by molar-refractivity contribution is 0.576. The highest BCUT2D eigenvalue weighted by atomic mass is 32.2. The van der Waals surface area contributed by atoms with Crippen LogP contribution < -0.4 is 5.73 Å². The Balaban J connectivity index is 2.61. The highest BCUT2D eigenvalue weighted by molar-refractivity contribution is 7.91. The Bertz CT molecular complexity index is 400. The van der Waals surface area contributed by atoms with Crippen molar-refractivity contribution in [3.63, 3.8) is 0 Å². The Morgan fingerprint density at radius 3 is 2.44 bits per heavy atom. The van der Waals surface area contributed by atoms with E-state index < -0.39 is 15.2 Å². The summed E-state index contributed by atoms with van der Waals surface area (Å²) in [6.07, 6.45) is 1.95. The predicted molar refractivity (Wildman–Crippen MR) is 66.8 cm³/mol. The zero-order valence-corrected chi connectivity index (χ0v) is 10.4. The van der Waals surface area contributed by atoms with E-state index in [0.29, 0.717) is 12.8 Å². The molecule has 0 spiro atoms. The van der Waals surface area contributed by atoms with Crippen LogP contribution in [-0.2, 0) is 16.3 Å². The van der Waals surface area contributed by atoms with Crippen molar-refractivity contribution in [3.05, 3.63) is 35.9 Å². The van der Waals surface area contributed by atoms with Gasteiger partial charge in [0, 0.05) is 6.42 Å². The summed E-state index contributed by atoms with van der Waals surface area (Å²) in [7, 11) is -3.14. The van der Waals surface area contributed by atoms with Gasteiger partial charge in [0.2, 0.25) is 0 Å². The fourth-order valence-corrected chi connectivity index (χ4v) is 2.91. The van der Waals surface area contributed by atoms with Crippen molar-refractivity contribution < 1.29 is 8.42 Å². The molecule has 0 saturated heterocycles. The van der Waals surface area contributed by atoms with Gasteiger partial charge in [0.25, 0.3) is 0 Å². The zero-order valence-electron chi connectivity index (χ0n) is 9.59. The van der Waals surface area contributed by atoms with Gasteiger partial charge in [0.05, 0.1) is 5.75 Å². The number of hydrogen-bond donors (Lipinski definition) is 1. The first-order chi connectivity index (χ1) is 7.56. The fourth-order valence-electron chi connectivity index (χ4n) is 1.47. The first-order valence-electron chi connectivity index (χ1n) is 5.57. The average Bonchev–Trinajstić information content (AvgIpc) is 2.28. The van der Waals surface area contributed by atoms with E-state index in [4.69, 9.17) is 5.73 Å². The van der Waals surface area contributed by atoms with Crippen molar-refractivity contribution in [2.24, 2.45) is 5.73 Å². The van der Waals surface area contributed by atoms with E-state index in [9.17, 15) is 8.42 Å². The first kappa shape index (κ1) is 13.2. The highest BCUT2D eigenvalue weighted by Gasteiger charge is 2.20. The van der Waals surface area contributed by atoms with Gasteiger partial charge in [0.1, 0.15) is 5.37 Å². The summed E-state index contributed by atoms with van der Waals surface area (Å²) in [5.41, 5.74) is 6.70. The van der Waals surface area contributed by atoms with Crippen LogP contribution in [0.5, 0.6) is 0 Å². The van der Waals surface area contributed by atoms with Crippen molar-refractivity contribution in [2.75, 3.05) is 5.75 Å². The van der Waals surface area contributed by atoms with Gasteiger partial charge < -0.3 is 5.73 Å². The Morgan fingerprint density at radius 2 is 1.88 bits per heavy atom. The molecule has 0 radical (unpaired) electrons. The number of benzene rings is 1. The first-order valence-corrected chi connectivity index (χ1v) is 7.29. The minimum absolute atomic E-state index is 0.192. The van der Waals surface area contributed by atoms with Crippen LogP contribution in [0.3, 0.4) is 0 Å². The van der Waals surface area contributed by atoms with Crippen molar-refractivity contribution in [1.82, 2.24) is 0 Å². The highest BCUT2D eigenvalue weighted by Crippen LogP contribution is 2.08. The van der Waals surface area contributed by atoms with Crippen LogP contribution in [0.2, 0.25) is 0 Å². The normalized spacial score (nSPS) is 13.6. The maximum Gasteiger partial charge on any atom is 0.166 e. The molecule has 0 heterocycles. The third-order valence-corrected chi connectivity index (χ3v) is 4.47. The minimum atomic E-state index is -3.14. The molecule has 0 aliphatic rings. The SMILES string of the molecule is CCCCS(=O)(=O)C(N)Cc1ccccc1. The maximum absolute atomic E-state index is 11.8. The second kappa shape index (κ2) is 6.01. The van der Waals surface area contributed by atoms with Gasteiger partial charge in [-0.15, -0.1) is 0 Å². The lowest BCUT2D eigenvalue weighted by Gasteiger charge is -2.12. The van der Waals surface area contributed by atoms with Crippen molar-refractivity contribution in [2.45, 2.75) is 31.6 Å². The van der Waals surface area contributed by atoms with Gasteiger partial charge in [0.15, 0.2) is 9.84 Å². The van der Waals surface area contributed by atoms with E-state index in [1.807, 2.05) is 37.3 Å². The van der Waals surface area contributed by atoms with Crippen molar-refractivity contribution >= 4 is 9.84 Å². The molecule has 16 heavy (non-hydrogen) atoms. The van der Waals surface area contributed by atoms with Crippen LogP contribution in [0.4, 0.5) is 0 Å². The summed E-state index contributed by atoms with van der Waals surface area (Å²) in [5.74, 6) is 0.192. The second-order valence-electron chi connectivity index (χ2n) is 3.95. The zero-order chi connectivity index (χ0) is 12.0. The van der Waals surface area contributed by atoms with Crippen LogP contribution in [0.15, 0.2) is 30.3 Å². The molecular formula is C12H19NO2S. The lowest BCUT2D eigenvalue weighted by atomic mass is 10.2. The molecule has 3 nitrogen and oxygen atoms in total. The number of sulfone groups is 1. The molecular weight excluding hydrogens is 222 g/mol. The number of nitrogens with two attached hydrogens (primary N) is 1. The number of hydrogen-bond acceptors (Lipinski definition) is 3. The van der Waals surface area contributed by atoms with E-state index in [2.05, 4.69) is 0 Å². The molecule has 0 amide bonds. The maximum atomic E-state index is 11.8. The number of rotatable bonds is 6. The topological polar surface area (TPSA) is 60.2 Å². The molecule has 4 heteroatoms. The van der Waals surface area contributed by atoms with Crippen LogP contribution >= 0.6 is 0 Å². The molecule has 1 atom stereocenters. The monoisotopic (exact) mass is 241 g/mol. The molecule has 0 bridgehead atoms. The average molecular weight is 241 g/mol. The van der Waals surface area contributed by atoms with E-state index in [-0.39, 0.29) is 5.75 Å². The van der Waals surface area contributed by atoms with Gasteiger partial charge >= 0.3 is 0 Å². The van der Waals surface area contributed by atoms with Crippen LogP contribution in [0.25, 0.3) is 0 Å². The Hall–Kier alpha value is -0.870. The second-order valence-corrected chi connectivity index (χ2v) is 6.29. The Morgan fingerprint density at radius 1 is 1.25 bits per heavy atom. The summed E-state index contributed by atoms with van der Waals surface area (Å²) in [6.45, 7) is 1.97. The van der Waals surface area contributed by atoms with Crippen molar-refractivity contribution in [1.29, 1.82) is 0 Å². The van der Waals surface area contributed by atoms with E-state index in [1.165, 1.54) is 0 Å². The van der Waals surface area contributed by atoms with Gasteiger partial charge in [-0.1, -0.05) is 43.7 Å². The van der Waals surface area contributed by atoms with Crippen LogP contribution in [-0.4, -0.2) is 19.5 Å². The van der Waals surface area contributed by atoms with Crippen LogP contribution in [0.1, 0.15) is 25.3 Å². The summed E-state index contributed by atoms with van der Waals surface area (Å²) in [5, 5.41) is -0.776. The lowest BCUT2D eigenvalue weighted by Crippen LogP contribution is -2.34. The van der Waals surface area contributed by atoms with Gasteiger partial charge in [-0.2, -0.15) is 0 Å². The van der Waals surface area contributed by atoms with Crippen LogP contribution in [0, 0.1) is 0 Å². The summed E-state index contributed by atoms with van der Waals surface area (Å²) in [4.78, 5) is 0. The molecule has 0 aliphatic carbocycles. The summed E-state index contributed by atoms with van der Waals surface area (Å²) >= 11 is 0. The summed E-state index contributed by atoms with van der Waals surface area (Å²) < 4.78 is 23.5. The molecule has 0 saturated carbocycles. The Labute approximate surface area is 97.6 Å². The summed E-state index contributed by atoms with van der Waals surface area (Å²) in [6, 6.07) is 9.48. The van der Waals surface area contributed by atoms with Gasteiger partial charge in [-0.3, -0.25) is 0 Å². The standard InChI is InChI=1S/C12H19NO2S/c1-2-3-9-16(14,15)12(13)10-11-7-5-4-6-8-11/h4-8,12H,2-3,9-10,13H2,1H3. The third kappa shape index (κ3) is 3.94. The van der Waals surface area contributed by atoms with Crippen molar-refractivity contribution in [3.8, 4) is 0 Å². The van der Waals surface area contributed by atoms with Gasteiger partial charge in [-0.05, 0) is 12.0 Å². The molecule has 1 aromatic rings. The Kier molecular flexibility index (Phi) is 4.96. The van der Waals surface area contributed by atoms with E-state index >= 15 is 0 Å². The van der Waals surface area contributed by atoms with E-state index in [0.717, 1.165) is 12.0 Å².